The Bertz CT molecular complexity index is 391. The van der Waals surface area contributed by atoms with Crippen molar-refractivity contribution in [2.45, 2.75) is 12.5 Å². The number of rotatable bonds is 3. The van der Waals surface area contributed by atoms with E-state index in [1.807, 2.05) is 29.9 Å². The minimum Gasteiger partial charge on any atom is -0.469 e. The van der Waals surface area contributed by atoms with E-state index in [2.05, 4.69) is 4.98 Å². The van der Waals surface area contributed by atoms with E-state index < -0.39 is 0 Å². The third kappa shape index (κ3) is 1.70. The van der Waals surface area contributed by atoms with Gasteiger partial charge < -0.3 is 14.7 Å². The van der Waals surface area contributed by atoms with E-state index >= 15 is 0 Å². The van der Waals surface area contributed by atoms with Crippen LogP contribution in [-0.4, -0.2) is 9.55 Å². The van der Waals surface area contributed by atoms with E-state index in [-0.39, 0.29) is 6.04 Å². The number of furan rings is 1. The van der Waals surface area contributed by atoms with Crippen LogP contribution in [0.5, 0.6) is 0 Å². The lowest BCUT2D eigenvalue weighted by atomic mass is 10.2. The van der Waals surface area contributed by atoms with Gasteiger partial charge in [0, 0.05) is 25.9 Å². The number of hydrogen-bond donors (Lipinski definition) is 1. The summed E-state index contributed by atoms with van der Waals surface area (Å²) in [5, 5.41) is 0. The smallest absolute Gasteiger partial charge is 0.125 e. The van der Waals surface area contributed by atoms with E-state index in [9.17, 15) is 0 Å². The molecule has 0 radical (unpaired) electrons. The first kappa shape index (κ1) is 9.02. The second kappa shape index (κ2) is 3.67. The van der Waals surface area contributed by atoms with Crippen LogP contribution in [0.3, 0.4) is 0 Å². The topological polar surface area (TPSA) is 57.0 Å². The van der Waals surface area contributed by atoms with Crippen LogP contribution in [0.1, 0.15) is 17.6 Å². The van der Waals surface area contributed by atoms with Crippen molar-refractivity contribution in [1.82, 2.24) is 9.55 Å². The van der Waals surface area contributed by atoms with Crippen molar-refractivity contribution in [3.8, 4) is 0 Å². The Morgan fingerprint density at radius 3 is 3.07 bits per heavy atom. The molecule has 2 rings (SSSR count). The van der Waals surface area contributed by atoms with Crippen LogP contribution in [0.15, 0.2) is 35.2 Å². The standard InChI is InChI=1S/C10H13N3O/c1-13-5-4-12-10(13)9(11)7-8-3-2-6-14-8/h2-6,9H,7,11H2,1H3. The highest BCUT2D eigenvalue weighted by Crippen LogP contribution is 2.13. The molecule has 0 amide bonds. The van der Waals surface area contributed by atoms with Gasteiger partial charge in [-0.15, -0.1) is 0 Å². The van der Waals surface area contributed by atoms with Gasteiger partial charge in [-0.3, -0.25) is 0 Å². The lowest BCUT2D eigenvalue weighted by Gasteiger charge is -2.09. The molecule has 0 spiro atoms. The highest BCUT2D eigenvalue weighted by Gasteiger charge is 2.12. The van der Waals surface area contributed by atoms with Crippen molar-refractivity contribution in [2.75, 3.05) is 0 Å². The molecule has 0 aromatic carbocycles. The molecular formula is C10H13N3O. The third-order valence-corrected chi connectivity index (χ3v) is 2.19. The van der Waals surface area contributed by atoms with Crippen LogP contribution in [-0.2, 0) is 13.5 Å². The predicted molar refractivity (Wildman–Crippen MR) is 52.5 cm³/mol. The molecule has 4 nitrogen and oxygen atoms in total. The largest absolute Gasteiger partial charge is 0.469 e. The molecule has 0 aliphatic carbocycles. The van der Waals surface area contributed by atoms with Gasteiger partial charge in [0.15, 0.2) is 0 Å². The molecule has 0 saturated carbocycles. The number of aromatic nitrogens is 2. The van der Waals surface area contributed by atoms with Crippen LogP contribution in [0, 0.1) is 0 Å². The minimum atomic E-state index is -0.110. The van der Waals surface area contributed by atoms with Gasteiger partial charge in [-0.25, -0.2) is 4.98 Å². The molecule has 2 aromatic heterocycles. The Balaban J connectivity index is 2.10. The number of aryl methyl sites for hydroxylation is 1. The number of imidazole rings is 1. The lowest BCUT2D eigenvalue weighted by molar-refractivity contribution is 0.479. The summed E-state index contributed by atoms with van der Waals surface area (Å²) < 4.78 is 7.15. The van der Waals surface area contributed by atoms with Gasteiger partial charge in [0.25, 0.3) is 0 Å². The molecule has 1 atom stereocenters. The molecule has 0 aliphatic heterocycles. The van der Waals surface area contributed by atoms with Crippen LogP contribution >= 0.6 is 0 Å². The number of hydrogen-bond acceptors (Lipinski definition) is 3. The van der Waals surface area contributed by atoms with Crippen molar-refractivity contribution in [2.24, 2.45) is 12.8 Å². The fourth-order valence-corrected chi connectivity index (χ4v) is 1.47. The van der Waals surface area contributed by atoms with Gasteiger partial charge in [0.1, 0.15) is 11.6 Å². The van der Waals surface area contributed by atoms with E-state index in [1.165, 1.54) is 0 Å². The molecule has 2 aromatic rings. The molecule has 2 N–H and O–H groups in total. The SMILES string of the molecule is Cn1ccnc1C(N)Cc1ccco1. The zero-order valence-electron chi connectivity index (χ0n) is 8.05. The molecule has 0 saturated heterocycles. The maximum Gasteiger partial charge on any atom is 0.125 e. The summed E-state index contributed by atoms with van der Waals surface area (Å²) in [5.74, 6) is 1.77. The summed E-state index contributed by atoms with van der Waals surface area (Å²) in [7, 11) is 1.93. The third-order valence-electron chi connectivity index (χ3n) is 2.19. The van der Waals surface area contributed by atoms with Crippen molar-refractivity contribution < 1.29 is 4.42 Å². The average Bonchev–Trinajstić information content (AvgIpc) is 2.75. The van der Waals surface area contributed by atoms with E-state index in [0.29, 0.717) is 6.42 Å². The van der Waals surface area contributed by atoms with Gasteiger partial charge in [-0.1, -0.05) is 0 Å². The van der Waals surface area contributed by atoms with Crippen LogP contribution < -0.4 is 5.73 Å². The second-order valence-electron chi connectivity index (χ2n) is 3.29. The Morgan fingerprint density at radius 2 is 2.50 bits per heavy atom. The first-order chi connectivity index (χ1) is 6.77. The fraction of sp³-hybridized carbons (Fsp3) is 0.300. The Labute approximate surface area is 82.4 Å². The summed E-state index contributed by atoms with van der Waals surface area (Å²) in [6.07, 6.45) is 5.97. The van der Waals surface area contributed by atoms with Gasteiger partial charge >= 0.3 is 0 Å². The predicted octanol–water partition coefficient (Wildman–Crippen LogP) is 1.26. The second-order valence-corrected chi connectivity index (χ2v) is 3.29. The maximum atomic E-state index is 5.99. The molecule has 14 heavy (non-hydrogen) atoms. The Morgan fingerprint density at radius 1 is 1.64 bits per heavy atom. The Hall–Kier alpha value is -1.55. The quantitative estimate of drug-likeness (QED) is 0.794. The minimum absolute atomic E-state index is 0.110. The molecule has 0 aliphatic rings. The average molecular weight is 191 g/mol. The van der Waals surface area contributed by atoms with Crippen LogP contribution in [0.4, 0.5) is 0 Å². The van der Waals surface area contributed by atoms with Crippen LogP contribution in [0.25, 0.3) is 0 Å². The first-order valence-electron chi connectivity index (χ1n) is 4.52. The zero-order valence-corrected chi connectivity index (χ0v) is 8.05. The zero-order chi connectivity index (χ0) is 9.97. The van der Waals surface area contributed by atoms with Crippen molar-refractivity contribution in [3.05, 3.63) is 42.4 Å². The van der Waals surface area contributed by atoms with Gasteiger partial charge in [0.2, 0.25) is 0 Å². The summed E-state index contributed by atoms with van der Waals surface area (Å²) >= 11 is 0. The lowest BCUT2D eigenvalue weighted by Crippen LogP contribution is -2.17. The molecule has 4 heteroatoms. The van der Waals surface area contributed by atoms with Crippen molar-refractivity contribution in [1.29, 1.82) is 0 Å². The highest BCUT2D eigenvalue weighted by molar-refractivity contribution is 5.06. The summed E-state index contributed by atoms with van der Waals surface area (Å²) in [5.41, 5.74) is 5.99. The maximum absolute atomic E-state index is 5.99. The molecule has 0 fully saturated rings. The van der Waals surface area contributed by atoms with Gasteiger partial charge in [0.05, 0.1) is 12.3 Å². The van der Waals surface area contributed by atoms with Crippen molar-refractivity contribution in [3.63, 3.8) is 0 Å². The van der Waals surface area contributed by atoms with Crippen molar-refractivity contribution >= 4 is 0 Å². The molecular weight excluding hydrogens is 178 g/mol. The molecule has 2 heterocycles. The van der Waals surface area contributed by atoms with E-state index in [4.69, 9.17) is 10.2 Å². The number of nitrogens with zero attached hydrogens (tertiary/aromatic N) is 2. The fourth-order valence-electron chi connectivity index (χ4n) is 1.47. The normalized spacial score (nSPS) is 13.0. The van der Waals surface area contributed by atoms with Gasteiger partial charge in [-0.2, -0.15) is 0 Å². The first-order valence-corrected chi connectivity index (χ1v) is 4.52. The van der Waals surface area contributed by atoms with Crippen LogP contribution in [0.2, 0.25) is 0 Å². The Kier molecular flexibility index (Phi) is 2.37. The summed E-state index contributed by atoms with van der Waals surface area (Å²) in [6, 6.07) is 3.67. The summed E-state index contributed by atoms with van der Waals surface area (Å²) in [4.78, 5) is 4.19. The summed E-state index contributed by atoms with van der Waals surface area (Å²) in [6.45, 7) is 0. The molecule has 0 bridgehead atoms. The monoisotopic (exact) mass is 191 g/mol. The number of nitrogens with two attached hydrogens (primary N) is 1. The van der Waals surface area contributed by atoms with E-state index in [1.54, 1.807) is 12.5 Å². The van der Waals surface area contributed by atoms with E-state index in [0.717, 1.165) is 11.6 Å². The highest BCUT2D eigenvalue weighted by atomic mass is 16.3. The van der Waals surface area contributed by atoms with Gasteiger partial charge in [-0.05, 0) is 12.1 Å². The molecule has 74 valence electrons. The molecule has 1 unspecified atom stereocenters.